The monoisotopic (exact) mass is 544 g/mol. The van der Waals surface area contributed by atoms with Crippen LogP contribution < -0.4 is 0 Å². The molecule has 0 saturated carbocycles. The molecule has 0 heterocycles. The lowest BCUT2D eigenvalue weighted by molar-refractivity contribution is 0.116. The number of unbranched alkanes of at least 4 members (excludes halogenated alkanes) is 8. The predicted molar refractivity (Wildman–Crippen MR) is 159 cm³/mol. The summed E-state index contributed by atoms with van der Waals surface area (Å²) in [4.78, 5) is 0.254. The molecule has 38 heavy (non-hydrogen) atoms. The first-order valence-electron chi connectivity index (χ1n) is 15.0. The first-order valence-corrected chi connectivity index (χ1v) is 16.4. The minimum absolute atomic E-state index is 0.254. The van der Waals surface area contributed by atoms with E-state index in [1.54, 1.807) is 12.1 Å². The molecule has 2 rings (SSSR count). The van der Waals surface area contributed by atoms with Gasteiger partial charge in [0.05, 0.1) is 17.6 Å². The van der Waals surface area contributed by atoms with Crippen molar-refractivity contribution in [1.29, 1.82) is 0 Å². The van der Waals surface area contributed by atoms with Gasteiger partial charge in [0.15, 0.2) is 0 Å². The first-order chi connectivity index (χ1) is 18.4. The van der Waals surface area contributed by atoms with Gasteiger partial charge in [0.25, 0.3) is 10.1 Å². The highest BCUT2D eigenvalue weighted by molar-refractivity contribution is 7.86. The van der Waals surface area contributed by atoms with E-state index in [1.807, 2.05) is 37.3 Å². The van der Waals surface area contributed by atoms with Gasteiger partial charge in [-0.25, -0.2) is 0 Å². The van der Waals surface area contributed by atoms with Crippen molar-refractivity contribution in [3.8, 4) is 0 Å². The van der Waals surface area contributed by atoms with Gasteiger partial charge < -0.3 is 4.74 Å². The molecule has 0 amide bonds. The van der Waals surface area contributed by atoms with Crippen LogP contribution in [0.25, 0.3) is 0 Å². The van der Waals surface area contributed by atoms with Crippen LogP contribution in [0.3, 0.4) is 0 Å². The zero-order chi connectivity index (χ0) is 27.5. The van der Waals surface area contributed by atoms with Crippen LogP contribution in [0.4, 0.5) is 0 Å². The Kier molecular flexibility index (Phi) is 16.6. The summed E-state index contributed by atoms with van der Waals surface area (Å²) in [5.41, 5.74) is 2.24. The van der Waals surface area contributed by atoms with E-state index < -0.39 is 10.1 Å². The Hall–Kier alpha value is -1.69. The molecule has 0 fully saturated rings. The van der Waals surface area contributed by atoms with Crippen LogP contribution in [0.5, 0.6) is 0 Å². The third-order valence-corrected chi connectivity index (χ3v) is 8.66. The van der Waals surface area contributed by atoms with E-state index >= 15 is 0 Å². The molecule has 0 bridgehead atoms. The molecule has 0 spiro atoms. The molecule has 2 aromatic carbocycles. The van der Waals surface area contributed by atoms with Crippen LogP contribution in [0.2, 0.25) is 0 Å². The SMILES string of the molecule is CCCCCCCC[C@@H](C)CCC(CCCCCCOCc1ccccc1)OS(=O)(=O)c1ccc(C)cc1. The summed E-state index contributed by atoms with van der Waals surface area (Å²) in [7, 11) is -3.76. The molecule has 0 aliphatic carbocycles. The van der Waals surface area contributed by atoms with E-state index in [0.29, 0.717) is 12.5 Å². The Balaban J connectivity index is 1.74. The lowest BCUT2D eigenvalue weighted by atomic mass is 9.95. The van der Waals surface area contributed by atoms with Crippen molar-refractivity contribution in [1.82, 2.24) is 0 Å². The maximum atomic E-state index is 13.0. The van der Waals surface area contributed by atoms with Crippen molar-refractivity contribution >= 4 is 10.1 Å². The molecule has 2 aromatic rings. The van der Waals surface area contributed by atoms with Crippen molar-refractivity contribution in [3.05, 3.63) is 65.7 Å². The average Bonchev–Trinajstić information content (AvgIpc) is 2.91. The third kappa shape index (κ3) is 14.5. The zero-order valence-corrected chi connectivity index (χ0v) is 25.0. The van der Waals surface area contributed by atoms with E-state index in [0.717, 1.165) is 57.1 Å². The maximum Gasteiger partial charge on any atom is 0.297 e. The van der Waals surface area contributed by atoms with Gasteiger partial charge in [0.2, 0.25) is 0 Å². The first kappa shape index (κ1) is 32.5. The molecule has 0 aliphatic heterocycles. The fourth-order valence-electron chi connectivity index (χ4n) is 4.76. The van der Waals surface area contributed by atoms with E-state index in [4.69, 9.17) is 8.92 Å². The van der Waals surface area contributed by atoms with E-state index in [1.165, 1.54) is 50.5 Å². The highest BCUT2D eigenvalue weighted by Gasteiger charge is 2.22. The van der Waals surface area contributed by atoms with Gasteiger partial charge in [0.1, 0.15) is 0 Å². The zero-order valence-electron chi connectivity index (χ0n) is 24.2. The molecule has 0 N–H and O–H groups in total. The van der Waals surface area contributed by atoms with Gasteiger partial charge in [-0.1, -0.05) is 126 Å². The normalized spacial score (nSPS) is 13.4. The van der Waals surface area contributed by atoms with Crippen LogP contribution >= 0.6 is 0 Å². The van der Waals surface area contributed by atoms with E-state index in [2.05, 4.69) is 26.0 Å². The molecule has 0 saturated heterocycles. The molecule has 4 nitrogen and oxygen atoms in total. The summed E-state index contributed by atoms with van der Waals surface area (Å²) in [5.74, 6) is 0.594. The Morgan fingerprint density at radius 2 is 1.34 bits per heavy atom. The Bertz CT molecular complexity index is 941. The number of rotatable bonds is 22. The van der Waals surface area contributed by atoms with E-state index in [9.17, 15) is 8.42 Å². The molecule has 5 heteroatoms. The number of hydrogen-bond donors (Lipinski definition) is 0. The summed E-state index contributed by atoms with van der Waals surface area (Å²) in [6, 6.07) is 17.2. The standard InChI is InChI=1S/C33H52O4S/c1-4-5-6-7-8-12-17-29(2)21-24-32(37-38(34,35)33-25-22-30(3)23-26-33)20-15-9-10-16-27-36-28-31-18-13-11-14-19-31/h11,13-14,18-19,22-23,25-26,29,32H,4-10,12,15-17,20-21,24,27-28H2,1-3H3/t29-,32?/m1/s1. The minimum atomic E-state index is -3.76. The number of hydrogen-bond acceptors (Lipinski definition) is 4. The summed E-state index contributed by atoms with van der Waals surface area (Å²) >= 11 is 0. The second-order valence-electron chi connectivity index (χ2n) is 11.0. The van der Waals surface area contributed by atoms with Crippen molar-refractivity contribution in [2.24, 2.45) is 5.92 Å². The largest absolute Gasteiger partial charge is 0.377 e. The van der Waals surface area contributed by atoms with Gasteiger partial charge in [-0.2, -0.15) is 8.42 Å². The molecular formula is C33H52O4S. The molecular weight excluding hydrogens is 492 g/mol. The fraction of sp³-hybridized carbons (Fsp3) is 0.636. The number of aryl methyl sites for hydroxylation is 1. The van der Waals surface area contributed by atoms with Gasteiger partial charge in [-0.3, -0.25) is 4.18 Å². The topological polar surface area (TPSA) is 52.6 Å². The number of benzene rings is 2. The van der Waals surface area contributed by atoms with Crippen molar-refractivity contribution in [2.75, 3.05) is 6.61 Å². The minimum Gasteiger partial charge on any atom is -0.377 e. The van der Waals surface area contributed by atoms with Crippen LogP contribution in [-0.2, 0) is 25.6 Å². The molecule has 2 atom stereocenters. The van der Waals surface area contributed by atoms with Crippen molar-refractivity contribution < 1.29 is 17.3 Å². The van der Waals surface area contributed by atoms with Crippen LogP contribution in [0.15, 0.2) is 59.5 Å². The molecule has 0 aromatic heterocycles. The van der Waals surface area contributed by atoms with Gasteiger partial charge in [-0.05, 0) is 56.2 Å². The summed E-state index contributed by atoms with van der Waals surface area (Å²) in [6.07, 6.45) is 15.5. The molecule has 1 unspecified atom stereocenters. The molecule has 0 radical (unpaired) electrons. The highest BCUT2D eigenvalue weighted by atomic mass is 32.2. The van der Waals surface area contributed by atoms with Gasteiger partial charge in [-0.15, -0.1) is 0 Å². The van der Waals surface area contributed by atoms with E-state index in [-0.39, 0.29) is 11.0 Å². The second kappa shape index (κ2) is 19.4. The fourth-order valence-corrected chi connectivity index (χ4v) is 5.89. The predicted octanol–water partition coefficient (Wildman–Crippen LogP) is 9.40. The smallest absolute Gasteiger partial charge is 0.297 e. The highest BCUT2D eigenvalue weighted by Crippen LogP contribution is 2.24. The van der Waals surface area contributed by atoms with Crippen LogP contribution in [-0.4, -0.2) is 21.1 Å². The summed E-state index contributed by atoms with van der Waals surface area (Å²) < 4.78 is 37.6. The lowest BCUT2D eigenvalue weighted by Gasteiger charge is -2.20. The third-order valence-electron chi connectivity index (χ3n) is 7.28. The lowest BCUT2D eigenvalue weighted by Crippen LogP contribution is -2.20. The average molecular weight is 545 g/mol. The Labute approximate surface area is 233 Å². The van der Waals surface area contributed by atoms with Crippen molar-refractivity contribution in [3.63, 3.8) is 0 Å². The summed E-state index contributed by atoms with van der Waals surface area (Å²) in [5, 5.41) is 0. The quantitative estimate of drug-likeness (QED) is 0.109. The summed E-state index contributed by atoms with van der Waals surface area (Å²) in [6.45, 7) is 7.92. The van der Waals surface area contributed by atoms with Gasteiger partial charge in [0, 0.05) is 6.61 Å². The molecule has 0 aliphatic rings. The number of ether oxygens (including phenoxy) is 1. The van der Waals surface area contributed by atoms with Crippen LogP contribution in [0.1, 0.15) is 115 Å². The Morgan fingerprint density at radius 1 is 0.711 bits per heavy atom. The maximum absolute atomic E-state index is 13.0. The van der Waals surface area contributed by atoms with Gasteiger partial charge >= 0.3 is 0 Å². The Morgan fingerprint density at radius 3 is 2.05 bits per heavy atom. The van der Waals surface area contributed by atoms with Crippen molar-refractivity contribution in [2.45, 2.75) is 128 Å². The molecule has 214 valence electrons. The van der Waals surface area contributed by atoms with Crippen LogP contribution in [0, 0.1) is 12.8 Å². The second-order valence-corrected chi connectivity index (χ2v) is 12.5.